The Labute approximate surface area is 235 Å². The number of benzene rings is 2. The van der Waals surface area contributed by atoms with Crippen LogP contribution in [0.1, 0.15) is 11.3 Å². The molecule has 3 heterocycles. The van der Waals surface area contributed by atoms with Gasteiger partial charge in [-0.2, -0.15) is 13.2 Å². The van der Waals surface area contributed by atoms with Crippen LogP contribution >= 0.6 is 11.6 Å². The Kier molecular flexibility index (Phi) is 7.40. The lowest BCUT2D eigenvalue weighted by atomic mass is 10.1. The van der Waals surface area contributed by atoms with E-state index in [1.807, 2.05) is 0 Å². The predicted octanol–water partition coefficient (Wildman–Crippen LogP) is 6.12. The number of urea groups is 1. The number of nitrogens with one attached hydrogen (secondary N) is 2. The van der Waals surface area contributed by atoms with Crippen molar-refractivity contribution in [1.29, 1.82) is 0 Å². The molecule has 4 N–H and O–H groups in total. The highest BCUT2D eigenvalue weighted by molar-refractivity contribution is 6.30. The third-order valence-corrected chi connectivity index (χ3v) is 5.78. The van der Waals surface area contributed by atoms with E-state index in [-0.39, 0.29) is 23.1 Å². The molecule has 3 aromatic heterocycles. The number of halogens is 4. The van der Waals surface area contributed by atoms with E-state index in [1.165, 1.54) is 35.5 Å². The van der Waals surface area contributed by atoms with Crippen LogP contribution in [0, 0.1) is 6.92 Å². The number of nitrogens with zero attached hydrogens (tertiary/aromatic N) is 6. The Bertz CT molecular complexity index is 1710. The van der Waals surface area contributed by atoms with Gasteiger partial charge in [0.15, 0.2) is 0 Å². The molecular formula is C26H19ClF3N9O2. The van der Waals surface area contributed by atoms with Crippen LogP contribution < -0.4 is 21.1 Å². The zero-order chi connectivity index (χ0) is 29.1. The number of rotatable bonds is 6. The molecule has 0 saturated heterocycles. The number of aryl methyl sites for hydroxylation is 1. The number of hydrogen-bond donors (Lipinski definition) is 3. The fourth-order valence-corrected chi connectivity index (χ4v) is 3.84. The largest absolute Gasteiger partial charge is 0.424 e. The number of amides is 2. The van der Waals surface area contributed by atoms with Crippen LogP contribution in [0.15, 0.2) is 73.3 Å². The molecule has 5 rings (SSSR count). The highest BCUT2D eigenvalue weighted by Crippen LogP contribution is 2.33. The zero-order valence-electron chi connectivity index (χ0n) is 21.0. The molecule has 15 heteroatoms. The molecule has 0 spiro atoms. The van der Waals surface area contributed by atoms with E-state index < -0.39 is 17.8 Å². The van der Waals surface area contributed by atoms with Gasteiger partial charge in [0, 0.05) is 11.8 Å². The molecule has 0 saturated carbocycles. The first-order valence-electron chi connectivity index (χ1n) is 11.7. The maximum Gasteiger partial charge on any atom is 0.416 e. The molecule has 0 aliphatic carbocycles. The van der Waals surface area contributed by atoms with E-state index in [2.05, 4.69) is 35.9 Å². The molecule has 0 fully saturated rings. The zero-order valence-corrected chi connectivity index (χ0v) is 21.8. The van der Waals surface area contributed by atoms with E-state index in [0.717, 1.165) is 17.7 Å². The van der Waals surface area contributed by atoms with Gasteiger partial charge in [0.05, 0.1) is 51.9 Å². The molecule has 5 aromatic rings. The predicted molar refractivity (Wildman–Crippen MR) is 145 cm³/mol. The molecule has 208 valence electrons. The van der Waals surface area contributed by atoms with Crippen LogP contribution in [-0.2, 0) is 6.18 Å². The highest BCUT2D eigenvalue weighted by atomic mass is 35.5. The number of carbonyl (C=O) groups excluding carboxylic acids is 1. The second-order valence-corrected chi connectivity index (χ2v) is 9.02. The van der Waals surface area contributed by atoms with Gasteiger partial charge in [0.25, 0.3) is 0 Å². The third kappa shape index (κ3) is 6.50. The summed E-state index contributed by atoms with van der Waals surface area (Å²) in [7, 11) is 0. The van der Waals surface area contributed by atoms with Gasteiger partial charge in [-0.1, -0.05) is 28.9 Å². The lowest BCUT2D eigenvalue weighted by molar-refractivity contribution is -0.137. The quantitative estimate of drug-likeness (QED) is 0.217. The van der Waals surface area contributed by atoms with Crippen molar-refractivity contribution in [2.75, 3.05) is 16.4 Å². The van der Waals surface area contributed by atoms with E-state index in [0.29, 0.717) is 27.8 Å². The number of carbonyl (C=O) groups is 1. The van der Waals surface area contributed by atoms with Crippen molar-refractivity contribution in [3.05, 3.63) is 89.6 Å². The number of pyridine rings is 1. The molecule has 0 bridgehead atoms. The van der Waals surface area contributed by atoms with Crippen LogP contribution in [0.25, 0.3) is 16.8 Å². The van der Waals surface area contributed by atoms with Gasteiger partial charge in [0.1, 0.15) is 11.6 Å². The van der Waals surface area contributed by atoms with Crippen molar-refractivity contribution >= 4 is 34.8 Å². The van der Waals surface area contributed by atoms with Crippen molar-refractivity contribution in [3.8, 4) is 28.6 Å². The fourth-order valence-electron chi connectivity index (χ4n) is 3.68. The third-order valence-electron chi connectivity index (χ3n) is 5.57. The van der Waals surface area contributed by atoms with Crippen molar-refractivity contribution in [2.24, 2.45) is 0 Å². The average Bonchev–Trinajstić information content (AvgIpc) is 3.37. The highest BCUT2D eigenvalue weighted by Gasteiger charge is 2.31. The van der Waals surface area contributed by atoms with Crippen LogP contribution in [0.4, 0.5) is 35.2 Å². The first-order valence-corrected chi connectivity index (χ1v) is 12.1. The topological polar surface area (TPSA) is 146 Å². The lowest BCUT2D eigenvalue weighted by Gasteiger charge is -2.15. The van der Waals surface area contributed by atoms with Gasteiger partial charge in [0.2, 0.25) is 0 Å². The Balaban J connectivity index is 1.26. The van der Waals surface area contributed by atoms with E-state index in [4.69, 9.17) is 22.1 Å². The number of alkyl halides is 3. The Morgan fingerprint density at radius 3 is 2.39 bits per heavy atom. The van der Waals surface area contributed by atoms with Gasteiger partial charge in [-0.25, -0.2) is 24.4 Å². The Morgan fingerprint density at radius 2 is 1.73 bits per heavy atom. The smallest absolute Gasteiger partial charge is 0.416 e. The van der Waals surface area contributed by atoms with E-state index >= 15 is 0 Å². The van der Waals surface area contributed by atoms with Gasteiger partial charge >= 0.3 is 18.2 Å². The van der Waals surface area contributed by atoms with Crippen molar-refractivity contribution in [2.45, 2.75) is 13.1 Å². The van der Waals surface area contributed by atoms with Crippen LogP contribution in [0.5, 0.6) is 11.8 Å². The summed E-state index contributed by atoms with van der Waals surface area (Å²) in [5, 5.41) is 13.0. The minimum atomic E-state index is -4.62. The molecule has 0 aliphatic rings. The molecule has 2 aromatic carbocycles. The minimum Gasteiger partial charge on any atom is -0.424 e. The number of hydrogen-bond acceptors (Lipinski definition) is 8. The van der Waals surface area contributed by atoms with Crippen molar-refractivity contribution in [3.63, 3.8) is 0 Å². The minimum absolute atomic E-state index is 0.00522. The maximum absolute atomic E-state index is 13.3. The van der Waals surface area contributed by atoms with Crippen LogP contribution in [0.3, 0.4) is 0 Å². The summed E-state index contributed by atoms with van der Waals surface area (Å²) in [6.45, 7) is 1.67. The number of nitrogens with two attached hydrogens (primary N) is 1. The van der Waals surface area contributed by atoms with Gasteiger partial charge < -0.3 is 21.1 Å². The maximum atomic E-state index is 13.3. The second kappa shape index (κ2) is 11.1. The Hall–Kier alpha value is -5.24. The SMILES string of the molecule is Cc1cn(-c2ccc(C(F)(F)F)cc2NC(=O)Nc2cnc(Oc3ccc(-c4cc(Cl)cnc4N)cc3)nc2)nn1. The summed E-state index contributed by atoms with van der Waals surface area (Å²) in [4.78, 5) is 24.8. The summed E-state index contributed by atoms with van der Waals surface area (Å²) < 4.78 is 46.8. The normalized spacial score (nSPS) is 11.2. The van der Waals surface area contributed by atoms with Gasteiger partial charge in [-0.15, -0.1) is 5.10 Å². The number of ether oxygens (including phenoxy) is 1. The summed E-state index contributed by atoms with van der Waals surface area (Å²) in [6, 6.07) is 10.7. The van der Waals surface area contributed by atoms with Crippen LogP contribution in [-0.4, -0.2) is 36.0 Å². The monoisotopic (exact) mass is 581 g/mol. The molecule has 0 unspecified atom stereocenters. The van der Waals surface area contributed by atoms with Crippen molar-refractivity contribution < 1.29 is 22.7 Å². The Morgan fingerprint density at radius 1 is 1.00 bits per heavy atom. The molecule has 0 atom stereocenters. The number of aromatic nitrogens is 6. The van der Waals surface area contributed by atoms with Crippen LogP contribution in [0.2, 0.25) is 5.02 Å². The second-order valence-electron chi connectivity index (χ2n) is 8.58. The molecule has 0 radical (unpaired) electrons. The first-order chi connectivity index (χ1) is 19.5. The summed E-state index contributed by atoms with van der Waals surface area (Å²) in [5.74, 6) is 0.762. The average molecular weight is 582 g/mol. The first kappa shape index (κ1) is 27.3. The molecule has 2 amide bonds. The number of anilines is 3. The standard InChI is InChI=1S/C26H19ClF3N9O2/c1-14-13-39(38-37-14)22-7-4-16(26(28,29)30)8-21(22)36-24(40)35-18-11-33-25(34-12-18)41-19-5-2-15(3-6-19)20-9-17(27)10-32-23(20)31/h2-13H,1H3,(H2,31,32)(H2,35,36,40). The number of nitrogen functional groups attached to an aromatic ring is 1. The van der Waals surface area contributed by atoms with Gasteiger partial charge in [-0.05, 0) is 48.9 Å². The lowest BCUT2D eigenvalue weighted by Crippen LogP contribution is -2.21. The van der Waals surface area contributed by atoms with E-state index in [9.17, 15) is 18.0 Å². The molecule has 11 nitrogen and oxygen atoms in total. The summed E-state index contributed by atoms with van der Waals surface area (Å²) in [5.41, 5.74) is 7.19. The molecule has 41 heavy (non-hydrogen) atoms. The van der Waals surface area contributed by atoms with E-state index in [1.54, 1.807) is 37.3 Å². The van der Waals surface area contributed by atoms with Crippen molar-refractivity contribution in [1.82, 2.24) is 29.9 Å². The summed E-state index contributed by atoms with van der Waals surface area (Å²) >= 11 is 6.01. The molecule has 0 aliphatic heterocycles. The molecular weight excluding hydrogens is 563 g/mol. The summed E-state index contributed by atoms with van der Waals surface area (Å²) in [6.07, 6.45) is 0.911. The fraction of sp³-hybridized carbons (Fsp3) is 0.0769. The van der Waals surface area contributed by atoms with Gasteiger partial charge in [-0.3, -0.25) is 0 Å².